The van der Waals surface area contributed by atoms with Gasteiger partial charge in [-0.2, -0.15) is 0 Å². The van der Waals surface area contributed by atoms with Gasteiger partial charge in [0.15, 0.2) is 15.5 Å². The lowest BCUT2D eigenvalue weighted by Crippen LogP contribution is -2.41. The molecule has 1 aromatic carbocycles. The van der Waals surface area contributed by atoms with Crippen molar-refractivity contribution in [2.24, 2.45) is 0 Å². The number of rotatable bonds is 3. The van der Waals surface area contributed by atoms with Crippen molar-refractivity contribution in [1.82, 2.24) is 15.1 Å². The second-order valence-electron chi connectivity index (χ2n) is 5.44. The highest BCUT2D eigenvalue weighted by atomic mass is 32.2. The summed E-state index contributed by atoms with van der Waals surface area (Å²) in [5.41, 5.74) is 0.982. The number of nitrogens with zero attached hydrogens (tertiary/aromatic N) is 3. The van der Waals surface area contributed by atoms with E-state index in [1.54, 1.807) is 11.0 Å². The predicted molar refractivity (Wildman–Crippen MR) is 83.3 cm³/mol. The molecule has 22 heavy (non-hydrogen) atoms. The molecule has 1 unspecified atom stereocenters. The highest BCUT2D eigenvalue weighted by Crippen LogP contribution is 2.20. The Morgan fingerprint density at radius 3 is 2.77 bits per heavy atom. The first-order chi connectivity index (χ1) is 10.5. The number of amides is 1. The molecule has 1 amide bonds. The maximum atomic E-state index is 12.6. The van der Waals surface area contributed by atoms with Crippen LogP contribution in [0.15, 0.2) is 30.3 Å². The number of aromatic nitrogens is 2. The second-order valence-corrected chi connectivity index (χ2v) is 7.67. The Hall–Kier alpha value is -2.02. The number of benzene rings is 1. The molecule has 2 heterocycles. The standard InChI is InChI=1S/C15H17N3O3S/c1-2-18(12-7-8-22(20,21)10-12)15(19)14-9-11-5-3-4-6-13(11)16-17-14/h3-6,9,12H,2,7-8,10H2,1H3. The summed E-state index contributed by atoms with van der Waals surface area (Å²) in [6.07, 6.45) is 0.489. The molecule has 3 rings (SSSR count). The first kappa shape index (κ1) is 14.9. The topological polar surface area (TPSA) is 80.2 Å². The number of carbonyl (C=O) groups is 1. The third-order valence-corrected chi connectivity index (χ3v) is 5.71. The zero-order valence-corrected chi connectivity index (χ0v) is 13.1. The van der Waals surface area contributed by atoms with Gasteiger partial charge < -0.3 is 4.90 Å². The lowest BCUT2D eigenvalue weighted by Gasteiger charge is -2.26. The summed E-state index contributed by atoms with van der Waals surface area (Å²) in [5.74, 6) is -0.0822. The molecule has 116 valence electrons. The first-order valence-electron chi connectivity index (χ1n) is 7.24. The number of hydrogen-bond acceptors (Lipinski definition) is 5. The van der Waals surface area contributed by atoms with Crippen LogP contribution in [0.25, 0.3) is 10.9 Å². The highest BCUT2D eigenvalue weighted by molar-refractivity contribution is 7.91. The minimum Gasteiger partial charge on any atom is -0.333 e. The van der Waals surface area contributed by atoms with Crippen molar-refractivity contribution < 1.29 is 13.2 Å². The van der Waals surface area contributed by atoms with Crippen LogP contribution in [0, 0.1) is 0 Å². The number of hydrogen-bond donors (Lipinski definition) is 0. The maximum absolute atomic E-state index is 12.6. The molecule has 0 spiro atoms. The van der Waals surface area contributed by atoms with Gasteiger partial charge >= 0.3 is 0 Å². The number of carbonyl (C=O) groups excluding carboxylic acids is 1. The van der Waals surface area contributed by atoms with Gasteiger partial charge in [-0.05, 0) is 25.5 Å². The van der Waals surface area contributed by atoms with E-state index >= 15 is 0 Å². The summed E-state index contributed by atoms with van der Waals surface area (Å²) in [6, 6.07) is 8.88. The summed E-state index contributed by atoms with van der Waals surface area (Å²) in [4.78, 5) is 14.2. The minimum absolute atomic E-state index is 0.0353. The van der Waals surface area contributed by atoms with Gasteiger partial charge in [-0.3, -0.25) is 4.79 Å². The summed E-state index contributed by atoms with van der Waals surface area (Å²) in [7, 11) is -3.03. The van der Waals surface area contributed by atoms with Crippen molar-refractivity contribution in [1.29, 1.82) is 0 Å². The van der Waals surface area contributed by atoms with Crippen LogP contribution >= 0.6 is 0 Å². The monoisotopic (exact) mass is 319 g/mol. The molecule has 1 fully saturated rings. The van der Waals surface area contributed by atoms with Gasteiger partial charge in [-0.25, -0.2) is 8.42 Å². The van der Waals surface area contributed by atoms with Crippen molar-refractivity contribution in [2.45, 2.75) is 19.4 Å². The molecule has 0 saturated carbocycles. The summed E-state index contributed by atoms with van der Waals surface area (Å²) < 4.78 is 23.3. The molecule has 2 aromatic rings. The fourth-order valence-electron chi connectivity index (χ4n) is 2.83. The van der Waals surface area contributed by atoms with Gasteiger partial charge in [-0.15, -0.1) is 10.2 Å². The Labute approximate surface area is 129 Å². The average molecular weight is 319 g/mol. The Balaban J connectivity index is 1.89. The van der Waals surface area contributed by atoms with E-state index in [-0.39, 0.29) is 29.1 Å². The summed E-state index contributed by atoms with van der Waals surface area (Å²) in [6.45, 7) is 2.30. The molecule has 0 aliphatic carbocycles. The summed E-state index contributed by atoms with van der Waals surface area (Å²) >= 11 is 0. The molecule has 1 aromatic heterocycles. The molecule has 1 aliphatic heterocycles. The zero-order chi connectivity index (χ0) is 15.7. The van der Waals surface area contributed by atoms with Crippen LogP contribution in [0.4, 0.5) is 0 Å². The third-order valence-electron chi connectivity index (χ3n) is 3.96. The molecule has 1 aliphatic rings. The Kier molecular flexibility index (Phi) is 3.82. The van der Waals surface area contributed by atoms with Crippen LogP contribution in [-0.2, 0) is 9.84 Å². The molecule has 6 nitrogen and oxygen atoms in total. The summed E-state index contributed by atoms with van der Waals surface area (Å²) in [5, 5.41) is 8.89. The number of fused-ring (bicyclic) bond motifs is 1. The highest BCUT2D eigenvalue weighted by Gasteiger charge is 2.34. The minimum atomic E-state index is -3.03. The van der Waals surface area contributed by atoms with Crippen LogP contribution in [0.2, 0.25) is 0 Å². The number of sulfone groups is 1. The molecule has 0 bridgehead atoms. The van der Waals surface area contributed by atoms with Crippen LogP contribution in [0.1, 0.15) is 23.8 Å². The van der Waals surface area contributed by atoms with Crippen molar-refractivity contribution in [2.75, 3.05) is 18.1 Å². The quantitative estimate of drug-likeness (QED) is 0.851. The van der Waals surface area contributed by atoms with Crippen molar-refractivity contribution in [3.8, 4) is 0 Å². The Morgan fingerprint density at radius 2 is 2.09 bits per heavy atom. The first-order valence-corrected chi connectivity index (χ1v) is 9.06. The largest absolute Gasteiger partial charge is 0.333 e. The van der Waals surface area contributed by atoms with Gasteiger partial charge in [0.05, 0.1) is 17.0 Å². The van der Waals surface area contributed by atoms with E-state index in [1.165, 1.54) is 0 Å². The van der Waals surface area contributed by atoms with Crippen LogP contribution in [0.5, 0.6) is 0 Å². The van der Waals surface area contributed by atoms with E-state index in [9.17, 15) is 13.2 Å². The molecule has 0 radical (unpaired) electrons. The predicted octanol–water partition coefficient (Wildman–Crippen LogP) is 1.28. The lowest BCUT2D eigenvalue weighted by molar-refractivity contribution is 0.0701. The Morgan fingerprint density at radius 1 is 1.32 bits per heavy atom. The van der Waals surface area contributed by atoms with Crippen molar-refractivity contribution in [3.05, 3.63) is 36.0 Å². The van der Waals surface area contributed by atoms with Crippen molar-refractivity contribution in [3.63, 3.8) is 0 Å². The van der Waals surface area contributed by atoms with Gasteiger partial charge in [0.25, 0.3) is 5.91 Å². The molecule has 7 heteroatoms. The normalized spacial score (nSPS) is 20.1. The maximum Gasteiger partial charge on any atom is 0.274 e. The van der Waals surface area contributed by atoms with Gasteiger partial charge in [0, 0.05) is 18.0 Å². The molecule has 1 saturated heterocycles. The van der Waals surface area contributed by atoms with E-state index in [2.05, 4.69) is 10.2 Å². The van der Waals surface area contributed by atoms with E-state index in [4.69, 9.17) is 0 Å². The van der Waals surface area contributed by atoms with Crippen LogP contribution < -0.4 is 0 Å². The SMILES string of the molecule is CCN(C(=O)c1cc2ccccc2nn1)C1CCS(=O)(=O)C1. The smallest absolute Gasteiger partial charge is 0.274 e. The average Bonchev–Trinajstić information content (AvgIpc) is 2.87. The fraction of sp³-hybridized carbons (Fsp3) is 0.400. The Bertz CT molecular complexity index is 820. The fourth-order valence-corrected chi connectivity index (χ4v) is 4.56. The van der Waals surface area contributed by atoms with Crippen LogP contribution in [-0.4, -0.2) is 53.5 Å². The van der Waals surface area contributed by atoms with Gasteiger partial charge in [-0.1, -0.05) is 18.2 Å². The van der Waals surface area contributed by atoms with Crippen LogP contribution in [0.3, 0.4) is 0 Å². The van der Waals surface area contributed by atoms with Gasteiger partial charge in [0.2, 0.25) is 0 Å². The molecular formula is C15H17N3O3S. The molecule has 0 N–H and O–H groups in total. The van der Waals surface area contributed by atoms with Crippen molar-refractivity contribution >= 4 is 26.6 Å². The zero-order valence-electron chi connectivity index (χ0n) is 12.3. The molecule has 1 atom stereocenters. The van der Waals surface area contributed by atoms with E-state index in [0.717, 1.165) is 10.9 Å². The van der Waals surface area contributed by atoms with E-state index < -0.39 is 9.84 Å². The second kappa shape index (κ2) is 5.64. The third kappa shape index (κ3) is 2.81. The lowest BCUT2D eigenvalue weighted by atomic mass is 10.1. The molecular weight excluding hydrogens is 302 g/mol. The van der Waals surface area contributed by atoms with E-state index in [1.807, 2.05) is 31.2 Å². The van der Waals surface area contributed by atoms with Gasteiger partial charge in [0.1, 0.15) is 0 Å². The van der Waals surface area contributed by atoms with E-state index in [0.29, 0.717) is 13.0 Å².